The number of amides is 1. The number of para-hydroxylation sites is 2. The van der Waals surface area contributed by atoms with Crippen LogP contribution in [0.4, 0.5) is 14.5 Å². The lowest BCUT2D eigenvalue weighted by atomic mass is 10.1. The first-order chi connectivity index (χ1) is 12.4. The van der Waals surface area contributed by atoms with Gasteiger partial charge in [-0.15, -0.1) is 0 Å². The van der Waals surface area contributed by atoms with Crippen LogP contribution in [0.3, 0.4) is 0 Å². The Labute approximate surface area is 150 Å². The third-order valence-corrected chi connectivity index (χ3v) is 4.04. The van der Waals surface area contributed by atoms with Gasteiger partial charge in [-0.05, 0) is 56.2 Å². The summed E-state index contributed by atoms with van der Waals surface area (Å²) in [5.74, 6) is -2.00. The van der Waals surface area contributed by atoms with E-state index in [-0.39, 0.29) is 12.3 Å². The summed E-state index contributed by atoms with van der Waals surface area (Å²) in [5, 5.41) is 7.32. The highest BCUT2D eigenvalue weighted by Crippen LogP contribution is 2.22. The molecule has 0 aliphatic heterocycles. The van der Waals surface area contributed by atoms with Gasteiger partial charge in [-0.3, -0.25) is 4.79 Å². The Morgan fingerprint density at radius 3 is 2.54 bits per heavy atom. The van der Waals surface area contributed by atoms with Crippen LogP contribution in [0.15, 0.2) is 48.5 Å². The summed E-state index contributed by atoms with van der Waals surface area (Å²) >= 11 is 0. The van der Waals surface area contributed by atoms with E-state index in [0.29, 0.717) is 17.7 Å². The zero-order valence-corrected chi connectivity index (χ0v) is 14.6. The van der Waals surface area contributed by atoms with Gasteiger partial charge in [0.05, 0.1) is 17.1 Å². The summed E-state index contributed by atoms with van der Waals surface area (Å²) in [4.78, 5) is 12.3. The molecule has 0 fully saturated rings. The number of hydrogen-bond acceptors (Lipinski definition) is 2. The molecule has 0 atom stereocenters. The molecule has 3 aromatic rings. The van der Waals surface area contributed by atoms with Crippen molar-refractivity contribution in [2.24, 2.45) is 0 Å². The van der Waals surface area contributed by atoms with E-state index < -0.39 is 11.6 Å². The number of halogens is 2. The number of rotatable bonds is 5. The number of carbonyl (C=O) groups excluding carboxylic acids is 1. The van der Waals surface area contributed by atoms with E-state index in [0.717, 1.165) is 29.2 Å². The van der Waals surface area contributed by atoms with E-state index in [4.69, 9.17) is 0 Å². The summed E-state index contributed by atoms with van der Waals surface area (Å²) in [6.45, 7) is 3.86. The third-order valence-electron chi connectivity index (χ3n) is 4.04. The Bertz CT molecular complexity index is 950. The van der Waals surface area contributed by atoms with Crippen molar-refractivity contribution in [2.45, 2.75) is 26.7 Å². The van der Waals surface area contributed by atoms with Crippen LogP contribution in [-0.2, 0) is 11.2 Å². The van der Waals surface area contributed by atoms with Crippen molar-refractivity contribution >= 4 is 11.6 Å². The second-order valence-corrected chi connectivity index (χ2v) is 6.15. The minimum Gasteiger partial charge on any atom is -0.324 e. The monoisotopic (exact) mass is 355 g/mol. The maximum atomic E-state index is 13.2. The number of aryl methyl sites for hydroxylation is 3. The topological polar surface area (TPSA) is 46.9 Å². The Kier molecular flexibility index (Phi) is 5.11. The first-order valence-electron chi connectivity index (χ1n) is 8.30. The molecule has 0 spiro atoms. The van der Waals surface area contributed by atoms with Crippen LogP contribution in [0.1, 0.15) is 23.4 Å². The molecule has 3 rings (SSSR count). The maximum absolute atomic E-state index is 13.2. The highest BCUT2D eigenvalue weighted by molar-refractivity contribution is 5.92. The smallest absolute Gasteiger partial charge is 0.224 e. The predicted octanol–water partition coefficient (Wildman–Crippen LogP) is 4.34. The summed E-state index contributed by atoms with van der Waals surface area (Å²) in [6, 6.07) is 13.0. The second-order valence-electron chi connectivity index (χ2n) is 6.15. The molecule has 134 valence electrons. The number of aromatic nitrogens is 2. The Morgan fingerprint density at radius 2 is 1.85 bits per heavy atom. The van der Waals surface area contributed by atoms with Crippen LogP contribution in [0.2, 0.25) is 0 Å². The summed E-state index contributed by atoms with van der Waals surface area (Å²) in [6.07, 6.45) is 0.488. The molecular formula is C20H19F2N3O. The molecule has 0 saturated carbocycles. The van der Waals surface area contributed by atoms with E-state index in [9.17, 15) is 13.6 Å². The van der Waals surface area contributed by atoms with E-state index >= 15 is 0 Å². The molecule has 0 aliphatic rings. The van der Waals surface area contributed by atoms with Crippen LogP contribution in [0, 0.1) is 25.5 Å². The van der Waals surface area contributed by atoms with Gasteiger partial charge in [0.1, 0.15) is 0 Å². The molecule has 1 heterocycles. The molecule has 4 nitrogen and oxygen atoms in total. The lowest BCUT2D eigenvalue weighted by Crippen LogP contribution is -2.15. The van der Waals surface area contributed by atoms with Gasteiger partial charge in [0.15, 0.2) is 11.6 Å². The number of benzene rings is 2. The lowest BCUT2D eigenvalue weighted by Gasteiger charge is -2.12. The molecule has 2 aromatic carbocycles. The van der Waals surface area contributed by atoms with Crippen LogP contribution in [-0.4, -0.2) is 15.7 Å². The number of anilines is 1. The van der Waals surface area contributed by atoms with Crippen LogP contribution >= 0.6 is 0 Å². The number of hydrogen-bond donors (Lipinski definition) is 1. The molecule has 0 aliphatic carbocycles. The van der Waals surface area contributed by atoms with Gasteiger partial charge in [-0.2, -0.15) is 5.10 Å². The minimum atomic E-state index is -0.905. The standard InChI is InChI=1S/C20H19F2N3O/c1-13-11-14(2)25(24-13)19-6-4-3-5-18(19)23-20(26)10-8-15-7-9-16(21)17(22)12-15/h3-7,9,11-12H,8,10H2,1-2H3,(H,23,26). The van der Waals surface area contributed by atoms with Crippen molar-refractivity contribution in [3.05, 3.63) is 77.1 Å². The van der Waals surface area contributed by atoms with Crippen molar-refractivity contribution < 1.29 is 13.6 Å². The minimum absolute atomic E-state index is 0.163. The van der Waals surface area contributed by atoms with Crippen molar-refractivity contribution in [2.75, 3.05) is 5.32 Å². The number of carbonyl (C=O) groups is 1. The average Bonchev–Trinajstić information content (AvgIpc) is 2.94. The van der Waals surface area contributed by atoms with Crippen molar-refractivity contribution in [3.63, 3.8) is 0 Å². The second kappa shape index (κ2) is 7.47. The number of nitrogens with zero attached hydrogens (tertiary/aromatic N) is 2. The first-order valence-corrected chi connectivity index (χ1v) is 8.30. The highest BCUT2D eigenvalue weighted by Gasteiger charge is 2.11. The van der Waals surface area contributed by atoms with Gasteiger partial charge in [-0.25, -0.2) is 13.5 Å². The fraction of sp³-hybridized carbons (Fsp3) is 0.200. The van der Waals surface area contributed by atoms with Crippen LogP contribution in [0.25, 0.3) is 5.69 Å². The maximum Gasteiger partial charge on any atom is 0.224 e. The molecular weight excluding hydrogens is 336 g/mol. The van der Waals surface area contributed by atoms with Crippen LogP contribution < -0.4 is 5.32 Å². The van der Waals surface area contributed by atoms with E-state index in [1.54, 1.807) is 10.7 Å². The molecule has 0 bridgehead atoms. The molecule has 26 heavy (non-hydrogen) atoms. The summed E-state index contributed by atoms with van der Waals surface area (Å²) < 4.78 is 28.0. The molecule has 0 unspecified atom stereocenters. The van der Waals surface area contributed by atoms with Gasteiger partial charge >= 0.3 is 0 Å². The molecule has 0 saturated heterocycles. The SMILES string of the molecule is Cc1cc(C)n(-c2ccccc2NC(=O)CCc2ccc(F)c(F)c2)n1. The van der Waals surface area contributed by atoms with Crippen molar-refractivity contribution in [1.82, 2.24) is 9.78 Å². The fourth-order valence-corrected chi connectivity index (χ4v) is 2.80. The normalized spacial score (nSPS) is 10.8. The molecule has 1 amide bonds. The quantitative estimate of drug-likeness (QED) is 0.740. The predicted molar refractivity (Wildman–Crippen MR) is 96.3 cm³/mol. The van der Waals surface area contributed by atoms with Gasteiger partial charge in [0.25, 0.3) is 0 Å². The molecule has 1 N–H and O–H groups in total. The number of nitrogens with one attached hydrogen (secondary N) is 1. The van der Waals surface area contributed by atoms with Gasteiger partial charge in [-0.1, -0.05) is 18.2 Å². The Morgan fingerprint density at radius 1 is 1.08 bits per heavy atom. The molecule has 6 heteroatoms. The average molecular weight is 355 g/mol. The Hall–Kier alpha value is -3.02. The van der Waals surface area contributed by atoms with E-state index in [2.05, 4.69) is 10.4 Å². The molecule has 1 aromatic heterocycles. The first kappa shape index (κ1) is 17.8. The van der Waals surface area contributed by atoms with Gasteiger partial charge in [0.2, 0.25) is 5.91 Å². The fourth-order valence-electron chi connectivity index (χ4n) is 2.80. The van der Waals surface area contributed by atoms with Crippen LogP contribution in [0.5, 0.6) is 0 Å². The Balaban J connectivity index is 1.72. The van der Waals surface area contributed by atoms with E-state index in [1.165, 1.54) is 6.07 Å². The highest BCUT2D eigenvalue weighted by atomic mass is 19.2. The summed E-state index contributed by atoms with van der Waals surface area (Å²) in [7, 11) is 0. The van der Waals surface area contributed by atoms with Crippen molar-refractivity contribution in [3.8, 4) is 5.69 Å². The van der Waals surface area contributed by atoms with E-state index in [1.807, 2.05) is 38.1 Å². The van der Waals surface area contributed by atoms with Gasteiger partial charge in [0, 0.05) is 12.1 Å². The third kappa shape index (κ3) is 3.96. The van der Waals surface area contributed by atoms with Gasteiger partial charge < -0.3 is 5.32 Å². The zero-order valence-electron chi connectivity index (χ0n) is 14.6. The zero-order chi connectivity index (χ0) is 18.7. The van der Waals surface area contributed by atoms with Crippen molar-refractivity contribution in [1.29, 1.82) is 0 Å². The largest absolute Gasteiger partial charge is 0.324 e. The summed E-state index contributed by atoms with van der Waals surface area (Å²) in [5.41, 5.74) is 3.85. The lowest BCUT2D eigenvalue weighted by molar-refractivity contribution is -0.116. The molecule has 0 radical (unpaired) electrons.